The van der Waals surface area contributed by atoms with Crippen molar-refractivity contribution in [2.45, 2.75) is 6.92 Å². The number of carbonyl (C=O) groups excluding carboxylic acids is 2. The Balaban J connectivity index is 1.78. The molecule has 0 saturated carbocycles. The maximum Gasteiger partial charge on any atom is 0.244 e. The van der Waals surface area contributed by atoms with E-state index in [9.17, 15) is 9.59 Å². The topological polar surface area (TPSA) is 86.3 Å². The summed E-state index contributed by atoms with van der Waals surface area (Å²) >= 11 is 0. The van der Waals surface area contributed by atoms with Gasteiger partial charge in [-0.2, -0.15) is 0 Å². The number of fused-ring (bicyclic) bond motifs is 1. The molecule has 0 fully saturated rings. The van der Waals surface area contributed by atoms with Crippen LogP contribution in [0.5, 0.6) is 23.0 Å². The normalized spacial score (nSPS) is 12.1. The zero-order valence-electron chi connectivity index (χ0n) is 16.0. The molecule has 1 N–H and O–H groups in total. The average Bonchev–Trinajstić information content (AvgIpc) is 2.71. The first kappa shape index (κ1) is 19.3. The van der Waals surface area contributed by atoms with E-state index in [2.05, 4.69) is 5.32 Å². The molecule has 2 aromatic carbocycles. The number of hydrogen-bond acceptors (Lipinski definition) is 6. The third kappa shape index (κ3) is 4.28. The van der Waals surface area contributed by atoms with Crippen LogP contribution >= 0.6 is 0 Å². The van der Waals surface area contributed by atoms with Crippen LogP contribution < -0.4 is 29.2 Å². The Hall–Kier alpha value is -3.42. The third-order valence-electron chi connectivity index (χ3n) is 4.18. The van der Waals surface area contributed by atoms with Gasteiger partial charge in [-0.05, 0) is 24.3 Å². The number of methoxy groups -OCH3 is 2. The van der Waals surface area contributed by atoms with Crippen LogP contribution in [0.2, 0.25) is 0 Å². The molecule has 1 aliphatic rings. The Kier molecular flexibility index (Phi) is 5.88. The Bertz CT molecular complexity index is 883. The fraction of sp³-hybridized carbons (Fsp3) is 0.300. The van der Waals surface area contributed by atoms with E-state index in [1.165, 1.54) is 26.0 Å². The number of nitrogens with zero attached hydrogens (tertiary/aromatic N) is 1. The van der Waals surface area contributed by atoms with Crippen LogP contribution in [0.15, 0.2) is 36.4 Å². The van der Waals surface area contributed by atoms with Gasteiger partial charge in [0.15, 0.2) is 11.5 Å². The zero-order valence-corrected chi connectivity index (χ0v) is 16.0. The highest BCUT2D eigenvalue weighted by atomic mass is 16.6. The molecule has 3 rings (SSSR count). The van der Waals surface area contributed by atoms with Gasteiger partial charge in [-0.25, -0.2) is 0 Å². The fourth-order valence-electron chi connectivity index (χ4n) is 2.84. The number of hydrogen-bond donors (Lipinski definition) is 1. The molecule has 28 heavy (non-hydrogen) atoms. The van der Waals surface area contributed by atoms with Gasteiger partial charge in [0, 0.05) is 24.7 Å². The summed E-state index contributed by atoms with van der Waals surface area (Å²) in [5.74, 6) is 1.55. The van der Waals surface area contributed by atoms with Crippen molar-refractivity contribution in [2.24, 2.45) is 0 Å². The molecule has 0 saturated heterocycles. The van der Waals surface area contributed by atoms with Crippen molar-refractivity contribution >= 4 is 23.2 Å². The molecule has 0 radical (unpaired) electrons. The second kappa shape index (κ2) is 8.51. The number of rotatable bonds is 6. The molecule has 0 unspecified atom stereocenters. The lowest BCUT2D eigenvalue weighted by molar-refractivity contribution is -0.120. The summed E-state index contributed by atoms with van der Waals surface area (Å²) in [4.78, 5) is 26.1. The average molecular weight is 386 g/mol. The summed E-state index contributed by atoms with van der Waals surface area (Å²) in [7, 11) is 3.02. The lowest BCUT2D eigenvalue weighted by atomic mass is 10.2. The highest BCUT2D eigenvalue weighted by Gasteiger charge is 2.21. The van der Waals surface area contributed by atoms with Crippen molar-refractivity contribution in [3.8, 4) is 23.0 Å². The Morgan fingerprint density at radius 1 is 1.04 bits per heavy atom. The van der Waals surface area contributed by atoms with E-state index in [1.54, 1.807) is 36.4 Å². The van der Waals surface area contributed by atoms with Crippen molar-refractivity contribution in [3.63, 3.8) is 0 Å². The highest BCUT2D eigenvalue weighted by Crippen LogP contribution is 2.34. The first-order valence-corrected chi connectivity index (χ1v) is 8.71. The van der Waals surface area contributed by atoms with Gasteiger partial charge in [-0.3, -0.25) is 14.5 Å². The standard InChI is InChI=1S/C20H22N2O6/c1-13(23)22(16-11-15(25-2)5-7-17(16)26-3)12-20(24)21-14-4-6-18-19(10-14)28-9-8-27-18/h4-7,10-11H,8-9,12H2,1-3H3,(H,21,24). The summed E-state index contributed by atoms with van der Waals surface area (Å²) in [6.07, 6.45) is 0. The first-order valence-electron chi connectivity index (χ1n) is 8.71. The van der Waals surface area contributed by atoms with Crippen molar-refractivity contribution < 1.29 is 28.5 Å². The van der Waals surface area contributed by atoms with Crippen LogP contribution in [0.4, 0.5) is 11.4 Å². The molecule has 8 nitrogen and oxygen atoms in total. The van der Waals surface area contributed by atoms with Gasteiger partial charge < -0.3 is 24.3 Å². The molecular formula is C20H22N2O6. The molecule has 1 aliphatic heterocycles. The van der Waals surface area contributed by atoms with Crippen LogP contribution in [0.3, 0.4) is 0 Å². The summed E-state index contributed by atoms with van der Waals surface area (Å²) in [5.41, 5.74) is 1.00. The summed E-state index contributed by atoms with van der Waals surface area (Å²) < 4.78 is 21.5. The largest absolute Gasteiger partial charge is 0.497 e. The summed E-state index contributed by atoms with van der Waals surface area (Å²) in [6, 6.07) is 10.2. The van der Waals surface area contributed by atoms with Gasteiger partial charge in [0.05, 0.1) is 19.9 Å². The van der Waals surface area contributed by atoms with Crippen LogP contribution in [-0.4, -0.2) is 45.8 Å². The smallest absolute Gasteiger partial charge is 0.244 e. The number of carbonyl (C=O) groups is 2. The van der Waals surface area contributed by atoms with E-state index >= 15 is 0 Å². The molecule has 0 spiro atoms. The van der Waals surface area contributed by atoms with E-state index in [1.807, 2.05) is 0 Å². The fourth-order valence-corrected chi connectivity index (χ4v) is 2.84. The monoisotopic (exact) mass is 386 g/mol. The molecule has 0 aliphatic carbocycles. The minimum Gasteiger partial charge on any atom is -0.497 e. The molecule has 0 bridgehead atoms. The number of anilines is 2. The Labute approximate surface area is 162 Å². The van der Waals surface area contributed by atoms with Crippen LogP contribution in [0.1, 0.15) is 6.92 Å². The van der Waals surface area contributed by atoms with Crippen LogP contribution in [-0.2, 0) is 9.59 Å². The summed E-state index contributed by atoms with van der Waals surface area (Å²) in [6.45, 7) is 2.15. The predicted octanol–water partition coefficient (Wildman–Crippen LogP) is 2.47. The molecule has 0 aromatic heterocycles. The van der Waals surface area contributed by atoms with Gasteiger partial charge in [0.2, 0.25) is 11.8 Å². The Morgan fingerprint density at radius 2 is 1.79 bits per heavy atom. The van der Waals surface area contributed by atoms with Crippen LogP contribution in [0, 0.1) is 0 Å². The zero-order chi connectivity index (χ0) is 20.1. The Morgan fingerprint density at radius 3 is 2.46 bits per heavy atom. The van der Waals surface area contributed by atoms with Crippen LogP contribution in [0.25, 0.3) is 0 Å². The number of nitrogens with one attached hydrogen (secondary N) is 1. The minimum absolute atomic E-state index is 0.187. The van der Waals surface area contributed by atoms with E-state index in [0.29, 0.717) is 47.6 Å². The van der Waals surface area contributed by atoms with E-state index in [-0.39, 0.29) is 18.4 Å². The van der Waals surface area contributed by atoms with E-state index in [0.717, 1.165) is 0 Å². The SMILES string of the molecule is COc1ccc(OC)c(N(CC(=O)Nc2ccc3c(c2)OCCO3)C(C)=O)c1. The third-order valence-corrected chi connectivity index (χ3v) is 4.18. The molecule has 2 aromatic rings. The number of amides is 2. The number of ether oxygens (including phenoxy) is 4. The van der Waals surface area contributed by atoms with Gasteiger partial charge in [0.1, 0.15) is 31.3 Å². The predicted molar refractivity (Wildman–Crippen MR) is 104 cm³/mol. The molecular weight excluding hydrogens is 364 g/mol. The maximum absolute atomic E-state index is 12.6. The van der Waals surface area contributed by atoms with Crippen molar-refractivity contribution in [3.05, 3.63) is 36.4 Å². The van der Waals surface area contributed by atoms with Gasteiger partial charge >= 0.3 is 0 Å². The molecule has 1 heterocycles. The lowest BCUT2D eigenvalue weighted by Crippen LogP contribution is -2.37. The quantitative estimate of drug-likeness (QED) is 0.821. The second-order valence-corrected chi connectivity index (χ2v) is 6.05. The number of benzene rings is 2. The maximum atomic E-state index is 12.6. The summed E-state index contributed by atoms with van der Waals surface area (Å²) in [5, 5.41) is 2.77. The molecule has 0 atom stereocenters. The first-order chi connectivity index (χ1) is 13.5. The second-order valence-electron chi connectivity index (χ2n) is 6.05. The molecule has 8 heteroatoms. The van der Waals surface area contributed by atoms with Gasteiger partial charge in [0.25, 0.3) is 0 Å². The van der Waals surface area contributed by atoms with E-state index in [4.69, 9.17) is 18.9 Å². The lowest BCUT2D eigenvalue weighted by Gasteiger charge is -2.23. The molecule has 148 valence electrons. The highest BCUT2D eigenvalue weighted by molar-refractivity contribution is 6.02. The van der Waals surface area contributed by atoms with Gasteiger partial charge in [-0.1, -0.05) is 0 Å². The van der Waals surface area contributed by atoms with Crippen molar-refractivity contribution in [1.29, 1.82) is 0 Å². The van der Waals surface area contributed by atoms with E-state index < -0.39 is 0 Å². The van der Waals surface area contributed by atoms with Crippen molar-refractivity contribution in [2.75, 3.05) is 44.2 Å². The van der Waals surface area contributed by atoms with Gasteiger partial charge in [-0.15, -0.1) is 0 Å². The minimum atomic E-state index is -0.364. The van der Waals surface area contributed by atoms with Crippen molar-refractivity contribution in [1.82, 2.24) is 0 Å². The molecule has 2 amide bonds.